The molecule has 1 saturated heterocycles. The summed E-state index contributed by atoms with van der Waals surface area (Å²) in [6.45, 7) is 4.31. The fourth-order valence-electron chi connectivity index (χ4n) is 2.88. The van der Waals surface area contributed by atoms with Crippen LogP contribution in [0.25, 0.3) is 0 Å². The van der Waals surface area contributed by atoms with Gasteiger partial charge in [-0.1, -0.05) is 30.3 Å². The first-order chi connectivity index (χ1) is 10.8. The van der Waals surface area contributed by atoms with Crippen LogP contribution in [0.5, 0.6) is 0 Å². The van der Waals surface area contributed by atoms with E-state index in [-0.39, 0.29) is 5.56 Å². The van der Waals surface area contributed by atoms with E-state index in [0.29, 0.717) is 5.92 Å². The molecule has 3 rings (SSSR count). The van der Waals surface area contributed by atoms with E-state index in [4.69, 9.17) is 4.74 Å². The lowest BCUT2D eigenvalue weighted by Gasteiger charge is -2.23. The predicted octanol–water partition coefficient (Wildman–Crippen LogP) is 1.46. The molecule has 1 N–H and O–H groups in total. The number of ether oxygens (including phenoxy) is 1. The van der Waals surface area contributed by atoms with Crippen LogP contribution < -0.4 is 5.56 Å². The average Bonchev–Trinajstić information content (AvgIpc) is 2.73. The van der Waals surface area contributed by atoms with Gasteiger partial charge < -0.3 is 9.72 Å². The van der Waals surface area contributed by atoms with Gasteiger partial charge in [0.2, 0.25) is 0 Å². The van der Waals surface area contributed by atoms with Crippen molar-refractivity contribution >= 4 is 0 Å². The van der Waals surface area contributed by atoms with E-state index in [2.05, 4.69) is 39.1 Å². The van der Waals surface area contributed by atoms with E-state index < -0.39 is 0 Å². The fourth-order valence-corrected chi connectivity index (χ4v) is 2.88. The standard InChI is InChI=1S/C17H21N3O2/c21-17-9-16(18-13-19-17)8-15-11-20(6-7-22-12-15)10-14-4-2-1-3-5-14/h1-5,9,13,15H,6-8,10-12H2,(H,18,19,21)/t15-/m1/s1. The van der Waals surface area contributed by atoms with Crippen molar-refractivity contribution < 1.29 is 4.74 Å². The lowest BCUT2D eigenvalue weighted by Crippen LogP contribution is -2.30. The normalized spacial score (nSPS) is 19.7. The second-order valence-electron chi connectivity index (χ2n) is 5.77. The SMILES string of the molecule is O=c1cc(C[C@H]2COCCN(Cc3ccccc3)C2)nc[nH]1. The summed E-state index contributed by atoms with van der Waals surface area (Å²) in [5.41, 5.74) is 2.05. The Kier molecular flexibility index (Phi) is 4.98. The largest absolute Gasteiger partial charge is 0.380 e. The van der Waals surface area contributed by atoms with Crippen LogP contribution in [0.15, 0.2) is 47.5 Å². The van der Waals surface area contributed by atoms with Gasteiger partial charge in [0.25, 0.3) is 5.56 Å². The molecule has 2 heterocycles. The van der Waals surface area contributed by atoms with Crippen LogP contribution in [0.4, 0.5) is 0 Å². The lowest BCUT2D eigenvalue weighted by atomic mass is 10.0. The van der Waals surface area contributed by atoms with Gasteiger partial charge in [0.1, 0.15) is 0 Å². The molecule has 116 valence electrons. The van der Waals surface area contributed by atoms with Crippen molar-refractivity contribution in [3.05, 3.63) is 64.3 Å². The van der Waals surface area contributed by atoms with Gasteiger partial charge in [-0.25, -0.2) is 4.98 Å². The first-order valence-corrected chi connectivity index (χ1v) is 7.67. The molecule has 0 bridgehead atoms. The molecule has 2 aromatic rings. The second kappa shape index (κ2) is 7.33. The number of benzene rings is 1. The Morgan fingerprint density at radius 1 is 1.32 bits per heavy atom. The zero-order valence-corrected chi connectivity index (χ0v) is 12.6. The number of rotatable bonds is 4. The Bertz CT molecular complexity index is 642. The van der Waals surface area contributed by atoms with Gasteiger partial charge in [0, 0.05) is 37.3 Å². The number of aromatic nitrogens is 2. The highest BCUT2D eigenvalue weighted by atomic mass is 16.5. The van der Waals surface area contributed by atoms with E-state index in [1.165, 1.54) is 11.9 Å². The van der Waals surface area contributed by atoms with Gasteiger partial charge in [-0.15, -0.1) is 0 Å². The van der Waals surface area contributed by atoms with Crippen LogP contribution in [-0.4, -0.2) is 41.2 Å². The topological polar surface area (TPSA) is 58.2 Å². The minimum atomic E-state index is -0.0966. The van der Waals surface area contributed by atoms with Gasteiger partial charge in [-0.05, 0) is 12.0 Å². The molecule has 1 atom stereocenters. The minimum Gasteiger partial charge on any atom is -0.380 e. The number of H-pyrrole nitrogens is 1. The number of hydrogen-bond donors (Lipinski definition) is 1. The maximum atomic E-state index is 11.4. The number of aromatic amines is 1. The quantitative estimate of drug-likeness (QED) is 0.928. The second-order valence-corrected chi connectivity index (χ2v) is 5.77. The van der Waals surface area contributed by atoms with Gasteiger partial charge >= 0.3 is 0 Å². The van der Waals surface area contributed by atoms with Crippen molar-refractivity contribution in [3.8, 4) is 0 Å². The first kappa shape index (κ1) is 14.9. The summed E-state index contributed by atoms with van der Waals surface area (Å²) in [7, 11) is 0. The first-order valence-electron chi connectivity index (χ1n) is 7.67. The third kappa shape index (κ3) is 4.26. The van der Waals surface area contributed by atoms with E-state index in [1.807, 2.05) is 6.07 Å². The maximum Gasteiger partial charge on any atom is 0.250 e. The molecule has 5 heteroatoms. The molecule has 1 fully saturated rings. The molecular weight excluding hydrogens is 278 g/mol. The van der Waals surface area contributed by atoms with Crippen LogP contribution in [0.1, 0.15) is 11.3 Å². The molecule has 1 aromatic carbocycles. The van der Waals surface area contributed by atoms with Gasteiger partial charge in [-0.2, -0.15) is 0 Å². The van der Waals surface area contributed by atoms with Crippen LogP contribution in [0.3, 0.4) is 0 Å². The minimum absolute atomic E-state index is 0.0966. The van der Waals surface area contributed by atoms with Gasteiger partial charge in [0.15, 0.2) is 0 Å². The Balaban J connectivity index is 1.63. The molecule has 1 aromatic heterocycles. The molecule has 0 aliphatic carbocycles. The fraction of sp³-hybridized carbons (Fsp3) is 0.412. The van der Waals surface area contributed by atoms with Gasteiger partial charge in [-0.3, -0.25) is 9.69 Å². The smallest absolute Gasteiger partial charge is 0.250 e. The number of nitrogens with one attached hydrogen (secondary N) is 1. The summed E-state index contributed by atoms with van der Waals surface area (Å²) in [6, 6.07) is 12.1. The van der Waals surface area contributed by atoms with Crippen LogP contribution >= 0.6 is 0 Å². The Hall–Kier alpha value is -1.98. The van der Waals surface area contributed by atoms with Gasteiger partial charge in [0.05, 0.1) is 19.5 Å². The van der Waals surface area contributed by atoms with E-state index in [1.54, 1.807) is 6.07 Å². The molecule has 0 unspecified atom stereocenters. The van der Waals surface area contributed by atoms with E-state index in [0.717, 1.165) is 45.0 Å². The molecule has 22 heavy (non-hydrogen) atoms. The van der Waals surface area contributed by atoms with Crippen molar-refractivity contribution in [2.45, 2.75) is 13.0 Å². The summed E-state index contributed by atoms with van der Waals surface area (Å²) >= 11 is 0. The summed E-state index contributed by atoms with van der Waals surface area (Å²) in [4.78, 5) is 20.6. The van der Waals surface area contributed by atoms with Crippen molar-refractivity contribution in [2.75, 3.05) is 26.3 Å². The van der Waals surface area contributed by atoms with Crippen molar-refractivity contribution in [1.82, 2.24) is 14.9 Å². The molecule has 0 saturated carbocycles. The zero-order valence-electron chi connectivity index (χ0n) is 12.6. The van der Waals surface area contributed by atoms with Crippen molar-refractivity contribution in [1.29, 1.82) is 0 Å². The monoisotopic (exact) mass is 299 g/mol. The maximum absolute atomic E-state index is 11.4. The van der Waals surface area contributed by atoms with E-state index >= 15 is 0 Å². The molecule has 0 radical (unpaired) electrons. The molecular formula is C17H21N3O2. The molecule has 0 amide bonds. The van der Waals surface area contributed by atoms with Crippen LogP contribution in [0.2, 0.25) is 0 Å². The highest BCUT2D eigenvalue weighted by Gasteiger charge is 2.19. The van der Waals surface area contributed by atoms with E-state index in [9.17, 15) is 4.79 Å². The molecule has 1 aliphatic heterocycles. The Labute approximate surface area is 130 Å². The van der Waals surface area contributed by atoms with Crippen LogP contribution in [0, 0.1) is 5.92 Å². The third-order valence-electron chi connectivity index (χ3n) is 3.90. The molecule has 0 spiro atoms. The highest BCUT2D eigenvalue weighted by Crippen LogP contribution is 2.14. The third-order valence-corrected chi connectivity index (χ3v) is 3.90. The number of hydrogen-bond acceptors (Lipinski definition) is 4. The summed E-state index contributed by atoms with van der Waals surface area (Å²) < 4.78 is 5.72. The Morgan fingerprint density at radius 2 is 2.18 bits per heavy atom. The number of nitrogens with zero attached hydrogens (tertiary/aromatic N) is 2. The average molecular weight is 299 g/mol. The molecule has 1 aliphatic rings. The highest BCUT2D eigenvalue weighted by molar-refractivity contribution is 5.14. The Morgan fingerprint density at radius 3 is 3.00 bits per heavy atom. The van der Waals surface area contributed by atoms with Crippen molar-refractivity contribution in [3.63, 3.8) is 0 Å². The lowest BCUT2D eigenvalue weighted by molar-refractivity contribution is 0.121. The van der Waals surface area contributed by atoms with Crippen molar-refractivity contribution in [2.24, 2.45) is 5.92 Å². The summed E-state index contributed by atoms with van der Waals surface area (Å²) in [5.74, 6) is 0.362. The van der Waals surface area contributed by atoms with Crippen LogP contribution in [-0.2, 0) is 17.7 Å². The predicted molar refractivity (Wildman–Crippen MR) is 84.6 cm³/mol. The zero-order chi connectivity index (χ0) is 15.2. The summed E-state index contributed by atoms with van der Waals surface area (Å²) in [5, 5.41) is 0. The summed E-state index contributed by atoms with van der Waals surface area (Å²) in [6.07, 6.45) is 2.24. The molecule has 5 nitrogen and oxygen atoms in total.